The summed E-state index contributed by atoms with van der Waals surface area (Å²) in [5, 5.41) is 3.35. The second kappa shape index (κ2) is 5.38. The highest BCUT2D eigenvalue weighted by Gasteiger charge is 2.26. The fourth-order valence-corrected chi connectivity index (χ4v) is 2.61. The molecule has 0 aliphatic carbocycles. The number of hydrogen-bond donors (Lipinski definition) is 2. The van der Waals surface area contributed by atoms with Crippen molar-refractivity contribution >= 4 is 30.1 Å². The van der Waals surface area contributed by atoms with Crippen LogP contribution >= 0.6 is 24.2 Å². The molecule has 102 valence electrons. The monoisotopic (exact) mass is 305 g/mol. The molecule has 1 N–H and O–H groups in total. The maximum atomic E-state index is 12.3. The summed E-state index contributed by atoms with van der Waals surface area (Å²) in [7, 11) is 0. The number of halogens is 1. The topological polar surface area (TPSA) is 38.3 Å². The average molecular weight is 306 g/mol. The summed E-state index contributed by atoms with van der Waals surface area (Å²) in [5.74, 6) is 0.586. The summed E-state index contributed by atoms with van der Waals surface area (Å²) in [6, 6.07) is 12.6. The Balaban J connectivity index is 1.82. The Morgan fingerprint density at radius 3 is 2.95 bits per heavy atom. The quantitative estimate of drug-likeness (QED) is 0.834. The number of ether oxygens (including phenoxy) is 1. The van der Waals surface area contributed by atoms with Crippen LogP contribution in [0.15, 0.2) is 47.4 Å². The lowest BCUT2D eigenvalue weighted by Crippen LogP contribution is -2.29. The molecule has 1 aliphatic rings. The van der Waals surface area contributed by atoms with Gasteiger partial charge in [0.1, 0.15) is 12.4 Å². The Hall–Kier alpha value is -1.65. The average Bonchev–Trinajstić information content (AvgIpc) is 2.85. The van der Waals surface area contributed by atoms with Gasteiger partial charge in [-0.3, -0.25) is 4.79 Å². The summed E-state index contributed by atoms with van der Waals surface area (Å²) in [5.41, 5.74) is 1.41. The van der Waals surface area contributed by atoms with Gasteiger partial charge in [-0.15, -0.1) is 12.6 Å². The molecule has 1 atom stereocenters. The highest BCUT2D eigenvalue weighted by atomic mass is 35.5. The van der Waals surface area contributed by atoms with Crippen molar-refractivity contribution in [3.63, 3.8) is 0 Å². The van der Waals surface area contributed by atoms with Crippen LogP contribution in [0.4, 0.5) is 0 Å². The molecule has 2 aromatic rings. The molecule has 0 aromatic heterocycles. The van der Waals surface area contributed by atoms with E-state index in [0.29, 0.717) is 22.1 Å². The molecule has 0 fully saturated rings. The van der Waals surface area contributed by atoms with Crippen LogP contribution in [0.1, 0.15) is 22.0 Å². The van der Waals surface area contributed by atoms with Gasteiger partial charge in [0.05, 0.1) is 16.6 Å². The standard InChI is InChI=1S/C15H12ClNO2S/c16-12-6-5-9(20)7-11(12)15(18)17-13-8-19-14-4-2-1-3-10(13)14/h1-7,13,20H,8H2,(H,17,18). The molecular weight excluding hydrogens is 294 g/mol. The minimum absolute atomic E-state index is 0.154. The number of para-hydroxylation sites is 1. The summed E-state index contributed by atoms with van der Waals surface area (Å²) >= 11 is 10.3. The van der Waals surface area contributed by atoms with Gasteiger partial charge in [0.15, 0.2) is 0 Å². The van der Waals surface area contributed by atoms with Gasteiger partial charge >= 0.3 is 0 Å². The largest absolute Gasteiger partial charge is 0.491 e. The van der Waals surface area contributed by atoms with Crippen molar-refractivity contribution in [1.29, 1.82) is 0 Å². The fourth-order valence-electron chi connectivity index (χ4n) is 2.21. The van der Waals surface area contributed by atoms with Gasteiger partial charge in [0, 0.05) is 10.5 Å². The van der Waals surface area contributed by atoms with Crippen LogP contribution in [-0.4, -0.2) is 12.5 Å². The summed E-state index contributed by atoms with van der Waals surface area (Å²) in [4.78, 5) is 13.0. The van der Waals surface area contributed by atoms with Crippen LogP contribution in [0, 0.1) is 0 Å². The SMILES string of the molecule is O=C(NC1COc2ccccc21)c1cc(S)ccc1Cl. The molecular formula is C15H12ClNO2S. The van der Waals surface area contributed by atoms with Gasteiger partial charge in [0.2, 0.25) is 0 Å². The molecule has 20 heavy (non-hydrogen) atoms. The zero-order chi connectivity index (χ0) is 14.1. The molecule has 0 radical (unpaired) electrons. The molecule has 3 rings (SSSR count). The maximum Gasteiger partial charge on any atom is 0.253 e. The second-order valence-electron chi connectivity index (χ2n) is 4.54. The smallest absolute Gasteiger partial charge is 0.253 e. The number of carbonyl (C=O) groups excluding carboxylic acids is 1. The molecule has 2 aromatic carbocycles. The first-order valence-corrected chi connectivity index (χ1v) is 6.99. The van der Waals surface area contributed by atoms with Gasteiger partial charge in [-0.2, -0.15) is 0 Å². The van der Waals surface area contributed by atoms with Crippen molar-refractivity contribution in [3.8, 4) is 5.75 Å². The Labute approximate surface area is 127 Å². The predicted molar refractivity (Wildman–Crippen MR) is 80.8 cm³/mol. The first kappa shape index (κ1) is 13.3. The molecule has 3 nitrogen and oxygen atoms in total. The second-order valence-corrected chi connectivity index (χ2v) is 5.46. The van der Waals surface area contributed by atoms with Crippen molar-refractivity contribution in [2.75, 3.05) is 6.61 Å². The van der Waals surface area contributed by atoms with Crippen LogP contribution in [-0.2, 0) is 0 Å². The summed E-state index contributed by atoms with van der Waals surface area (Å²) < 4.78 is 5.54. The van der Waals surface area contributed by atoms with E-state index < -0.39 is 0 Å². The van der Waals surface area contributed by atoms with Crippen molar-refractivity contribution < 1.29 is 9.53 Å². The van der Waals surface area contributed by atoms with Crippen molar-refractivity contribution in [2.24, 2.45) is 0 Å². The first-order valence-electron chi connectivity index (χ1n) is 6.16. The Morgan fingerprint density at radius 1 is 1.30 bits per heavy atom. The normalized spacial score (nSPS) is 16.4. The lowest BCUT2D eigenvalue weighted by Gasteiger charge is -2.12. The molecule has 1 amide bonds. The van der Waals surface area contributed by atoms with E-state index in [1.54, 1.807) is 18.2 Å². The fraction of sp³-hybridized carbons (Fsp3) is 0.133. The van der Waals surface area contributed by atoms with Gasteiger partial charge in [0.25, 0.3) is 5.91 Å². The summed E-state index contributed by atoms with van der Waals surface area (Å²) in [6.07, 6.45) is 0. The van der Waals surface area contributed by atoms with Crippen LogP contribution in [0.5, 0.6) is 5.75 Å². The Kier molecular flexibility index (Phi) is 3.59. The maximum absolute atomic E-state index is 12.3. The highest BCUT2D eigenvalue weighted by molar-refractivity contribution is 7.80. The number of carbonyl (C=O) groups is 1. The number of hydrogen-bond acceptors (Lipinski definition) is 3. The van der Waals surface area contributed by atoms with Gasteiger partial charge in [-0.05, 0) is 24.3 Å². The molecule has 0 bridgehead atoms. The van der Waals surface area contributed by atoms with Crippen molar-refractivity contribution in [1.82, 2.24) is 5.32 Å². The van der Waals surface area contributed by atoms with E-state index in [1.165, 1.54) is 0 Å². The predicted octanol–water partition coefficient (Wildman–Crippen LogP) is 3.49. The van der Waals surface area contributed by atoms with Crippen LogP contribution in [0.25, 0.3) is 0 Å². The molecule has 0 saturated carbocycles. The number of thiol groups is 1. The lowest BCUT2D eigenvalue weighted by atomic mass is 10.1. The van der Waals surface area contributed by atoms with E-state index in [4.69, 9.17) is 16.3 Å². The van der Waals surface area contributed by atoms with Crippen molar-refractivity contribution in [2.45, 2.75) is 10.9 Å². The summed E-state index contributed by atoms with van der Waals surface area (Å²) in [6.45, 7) is 0.434. The van der Waals surface area contributed by atoms with E-state index in [1.807, 2.05) is 24.3 Å². The zero-order valence-electron chi connectivity index (χ0n) is 10.5. The number of amides is 1. The van der Waals surface area contributed by atoms with E-state index in [2.05, 4.69) is 17.9 Å². The molecule has 1 heterocycles. The molecule has 0 spiro atoms. The van der Waals surface area contributed by atoms with Crippen LogP contribution < -0.4 is 10.1 Å². The minimum Gasteiger partial charge on any atom is -0.491 e. The zero-order valence-corrected chi connectivity index (χ0v) is 12.1. The third-order valence-electron chi connectivity index (χ3n) is 3.20. The van der Waals surface area contributed by atoms with Crippen LogP contribution in [0.2, 0.25) is 5.02 Å². The third kappa shape index (κ3) is 2.49. The van der Waals surface area contributed by atoms with Crippen molar-refractivity contribution in [3.05, 3.63) is 58.6 Å². The Morgan fingerprint density at radius 2 is 2.10 bits per heavy atom. The van der Waals surface area contributed by atoms with Gasteiger partial charge in [-0.1, -0.05) is 29.8 Å². The number of benzene rings is 2. The first-order chi connectivity index (χ1) is 9.65. The Bertz CT molecular complexity index is 675. The minimum atomic E-state index is -0.226. The van der Waals surface area contributed by atoms with E-state index >= 15 is 0 Å². The molecule has 0 saturated heterocycles. The highest BCUT2D eigenvalue weighted by Crippen LogP contribution is 2.32. The van der Waals surface area contributed by atoms with Gasteiger partial charge in [-0.25, -0.2) is 0 Å². The number of rotatable bonds is 2. The lowest BCUT2D eigenvalue weighted by molar-refractivity contribution is 0.0930. The third-order valence-corrected chi connectivity index (χ3v) is 3.81. The van der Waals surface area contributed by atoms with E-state index in [-0.39, 0.29) is 11.9 Å². The number of nitrogens with one attached hydrogen (secondary N) is 1. The van der Waals surface area contributed by atoms with E-state index in [9.17, 15) is 4.79 Å². The van der Waals surface area contributed by atoms with Gasteiger partial charge < -0.3 is 10.1 Å². The van der Waals surface area contributed by atoms with Crippen LogP contribution in [0.3, 0.4) is 0 Å². The number of fused-ring (bicyclic) bond motifs is 1. The molecule has 5 heteroatoms. The molecule has 1 aliphatic heterocycles. The van der Waals surface area contributed by atoms with E-state index in [0.717, 1.165) is 11.3 Å². The molecule has 1 unspecified atom stereocenters.